The lowest BCUT2D eigenvalue weighted by molar-refractivity contribution is -0.119. The van der Waals surface area contributed by atoms with E-state index in [9.17, 15) is 4.79 Å². The Morgan fingerprint density at radius 3 is 2.82 bits per heavy atom. The fraction of sp³-hybridized carbons (Fsp3) is 0.643. The van der Waals surface area contributed by atoms with Gasteiger partial charge in [0.2, 0.25) is 5.91 Å². The molecule has 3 nitrogen and oxygen atoms in total. The maximum atomic E-state index is 11.0. The third-order valence-electron chi connectivity index (χ3n) is 3.47. The number of likely N-dealkylation sites (tertiary alicyclic amines) is 1. The Labute approximate surface area is 105 Å². The number of piperidine rings is 1. The molecule has 0 aromatic heterocycles. The number of hydrogen-bond donors (Lipinski definition) is 1. The molecule has 96 valence electrons. The van der Waals surface area contributed by atoms with Crippen LogP contribution in [0.25, 0.3) is 0 Å². The van der Waals surface area contributed by atoms with Crippen molar-refractivity contribution in [3.05, 3.63) is 23.8 Å². The van der Waals surface area contributed by atoms with Gasteiger partial charge in [-0.05, 0) is 31.3 Å². The SMILES string of the molecule is CC(=O)NC1CCN(CC2=CCCC=C2)CC1.[HH]. The quantitative estimate of drug-likeness (QED) is 0.814. The molecule has 0 aromatic rings. The number of rotatable bonds is 3. The van der Waals surface area contributed by atoms with Gasteiger partial charge in [-0.3, -0.25) is 9.69 Å². The normalized spacial score (nSPS) is 22.3. The average Bonchev–Trinajstić information content (AvgIpc) is 2.32. The highest BCUT2D eigenvalue weighted by atomic mass is 16.1. The van der Waals surface area contributed by atoms with Crippen molar-refractivity contribution in [1.82, 2.24) is 10.2 Å². The summed E-state index contributed by atoms with van der Waals surface area (Å²) < 4.78 is 0. The Hall–Kier alpha value is -1.09. The van der Waals surface area contributed by atoms with Gasteiger partial charge in [-0.25, -0.2) is 0 Å². The van der Waals surface area contributed by atoms with Gasteiger partial charge in [-0.2, -0.15) is 0 Å². The van der Waals surface area contributed by atoms with E-state index in [1.165, 1.54) is 18.4 Å². The molecule has 3 heteroatoms. The molecule has 1 fully saturated rings. The van der Waals surface area contributed by atoms with Gasteiger partial charge in [-0.1, -0.05) is 18.2 Å². The number of allylic oxidation sites excluding steroid dienone is 2. The van der Waals surface area contributed by atoms with Crippen LogP contribution < -0.4 is 5.32 Å². The minimum Gasteiger partial charge on any atom is -0.354 e. The topological polar surface area (TPSA) is 32.3 Å². The molecule has 2 aliphatic rings. The standard InChI is InChI=1S/C14H22N2O.H2/c1-12(17)15-14-7-9-16(10-8-14)11-13-5-3-2-4-6-13;/h3,5-6,14H,2,4,7-11H2,1H3,(H,15,17);1H. The van der Waals surface area contributed by atoms with Crippen LogP contribution in [0.5, 0.6) is 0 Å². The lowest BCUT2D eigenvalue weighted by atomic mass is 10.0. The summed E-state index contributed by atoms with van der Waals surface area (Å²) >= 11 is 0. The summed E-state index contributed by atoms with van der Waals surface area (Å²) in [5, 5.41) is 3.01. The monoisotopic (exact) mass is 236 g/mol. The van der Waals surface area contributed by atoms with Crippen LogP contribution in [0.1, 0.15) is 34.0 Å². The van der Waals surface area contributed by atoms with Crippen molar-refractivity contribution in [1.29, 1.82) is 0 Å². The molecule has 1 heterocycles. The minimum atomic E-state index is 0. The van der Waals surface area contributed by atoms with Crippen LogP contribution >= 0.6 is 0 Å². The molecule has 0 aromatic carbocycles. The first kappa shape index (κ1) is 12.4. The van der Waals surface area contributed by atoms with Crippen LogP contribution in [-0.2, 0) is 4.79 Å². The highest BCUT2D eigenvalue weighted by molar-refractivity contribution is 5.73. The molecule has 17 heavy (non-hydrogen) atoms. The van der Waals surface area contributed by atoms with Crippen molar-refractivity contribution >= 4 is 5.91 Å². The fourth-order valence-electron chi connectivity index (χ4n) is 2.57. The Morgan fingerprint density at radius 1 is 1.47 bits per heavy atom. The summed E-state index contributed by atoms with van der Waals surface area (Å²) in [4.78, 5) is 13.5. The van der Waals surface area contributed by atoms with Gasteiger partial charge in [-0.15, -0.1) is 0 Å². The Bertz CT molecular complexity index is 331. The maximum Gasteiger partial charge on any atom is 0.217 e. The Morgan fingerprint density at radius 2 is 2.24 bits per heavy atom. The second kappa shape index (κ2) is 6.01. The van der Waals surface area contributed by atoms with Crippen molar-refractivity contribution in [2.75, 3.05) is 19.6 Å². The highest BCUT2D eigenvalue weighted by Crippen LogP contribution is 2.15. The molecule has 0 atom stereocenters. The first-order valence-corrected chi connectivity index (χ1v) is 6.59. The first-order chi connectivity index (χ1) is 8.24. The molecule has 1 N–H and O–H groups in total. The highest BCUT2D eigenvalue weighted by Gasteiger charge is 2.19. The van der Waals surface area contributed by atoms with Gasteiger partial charge in [0.05, 0.1) is 0 Å². The van der Waals surface area contributed by atoms with Crippen molar-refractivity contribution in [2.24, 2.45) is 0 Å². The number of carbonyl (C=O) groups is 1. The molecule has 2 rings (SSSR count). The molecule has 1 aliphatic heterocycles. The number of carbonyl (C=O) groups excluding carboxylic acids is 1. The van der Waals surface area contributed by atoms with Gasteiger partial charge >= 0.3 is 0 Å². The van der Waals surface area contributed by atoms with E-state index in [4.69, 9.17) is 0 Å². The second-order valence-corrected chi connectivity index (χ2v) is 5.01. The first-order valence-electron chi connectivity index (χ1n) is 6.59. The molecule has 0 saturated carbocycles. The summed E-state index contributed by atoms with van der Waals surface area (Å²) in [5.41, 5.74) is 1.45. The van der Waals surface area contributed by atoms with Crippen LogP contribution in [0.2, 0.25) is 0 Å². The van der Waals surface area contributed by atoms with Crippen LogP contribution in [0.3, 0.4) is 0 Å². The summed E-state index contributed by atoms with van der Waals surface area (Å²) in [5.74, 6) is 0.0985. The van der Waals surface area contributed by atoms with Gasteiger partial charge < -0.3 is 5.32 Å². The summed E-state index contributed by atoms with van der Waals surface area (Å²) in [7, 11) is 0. The third kappa shape index (κ3) is 4.00. The van der Waals surface area contributed by atoms with Crippen molar-refractivity contribution in [3.63, 3.8) is 0 Å². The molecule has 1 amide bonds. The molecular weight excluding hydrogens is 212 g/mol. The van der Waals surface area contributed by atoms with Crippen LogP contribution in [0.4, 0.5) is 0 Å². The predicted molar refractivity (Wildman–Crippen MR) is 71.8 cm³/mol. The number of amides is 1. The summed E-state index contributed by atoms with van der Waals surface area (Å²) in [6, 6.07) is 0.389. The van der Waals surface area contributed by atoms with Gasteiger partial charge in [0, 0.05) is 34.0 Å². The largest absolute Gasteiger partial charge is 0.354 e. The van der Waals surface area contributed by atoms with E-state index >= 15 is 0 Å². The Kier molecular flexibility index (Phi) is 4.37. The zero-order chi connectivity index (χ0) is 12.1. The summed E-state index contributed by atoms with van der Waals surface area (Å²) in [6.45, 7) is 4.86. The molecule has 0 unspecified atom stereocenters. The van der Waals surface area contributed by atoms with E-state index in [2.05, 4.69) is 28.4 Å². The van der Waals surface area contributed by atoms with Crippen molar-refractivity contribution in [3.8, 4) is 0 Å². The smallest absolute Gasteiger partial charge is 0.217 e. The van der Waals surface area contributed by atoms with E-state index in [1.807, 2.05) is 0 Å². The minimum absolute atomic E-state index is 0. The number of nitrogens with zero attached hydrogens (tertiary/aromatic N) is 1. The molecule has 1 aliphatic carbocycles. The maximum absolute atomic E-state index is 11.0. The lowest BCUT2D eigenvalue weighted by Crippen LogP contribution is -2.44. The summed E-state index contributed by atoms with van der Waals surface area (Å²) in [6.07, 6.45) is 11.4. The van der Waals surface area contributed by atoms with Crippen LogP contribution in [0, 0.1) is 0 Å². The zero-order valence-corrected chi connectivity index (χ0v) is 10.6. The molecule has 0 spiro atoms. The molecular formula is C14H24N2O. The molecule has 0 bridgehead atoms. The average molecular weight is 236 g/mol. The zero-order valence-electron chi connectivity index (χ0n) is 10.6. The van der Waals surface area contributed by atoms with E-state index < -0.39 is 0 Å². The third-order valence-corrected chi connectivity index (χ3v) is 3.47. The van der Waals surface area contributed by atoms with E-state index in [1.54, 1.807) is 6.92 Å². The van der Waals surface area contributed by atoms with Gasteiger partial charge in [0.15, 0.2) is 0 Å². The molecule has 0 radical (unpaired) electrons. The van der Waals surface area contributed by atoms with Crippen LogP contribution in [0.15, 0.2) is 23.8 Å². The number of hydrogen-bond acceptors (Lipinski definition) is 2. The fourth-order valence-corrected chi connectivity index (χ4v) is 2.57. The van der Waals surface area contributed by atoms with Gasteiger partial charge in [0.25, 0.3) is 0 Å². The number of nitrogens with one attached hydrogen (secondary N) is 1. The molecule has 1 saturated heterocycles. The van der Waals surface area contributed by atoms with E-state index in [-0.39, 0.29) is 7.33 Å². The van der Waals surface area contributed by atoms with Crippen molar-refractivity contribution in [2.45, 2.75) is 38.6 Å². The van der Waals surface area contributed by atoms with E-state index in [0.29, 0.717) is 6.04 Å². The van der Waals surface area contributed by atoms with Gasteiger partial charge in [0.1, 0.15) is 0 Å². The van der Waals surface area contributed by atoms with Crippen LogP contribution in [-0.4, -0.2) is 36.5 Å². The lowest BCUT2D eigenvalue weighted by Gasteiger charge is -2.32. The van der Waals surface area contributed by atoms with Crippen molar-refractivity contribution < 1.29 is 6.22 Å². The predicted octanol–water partition coefficient (Wildman–Crippen LogP) is 2.11. The second-order valence-electron chi connectivity index (χ2n) is 5.01. The Balaban J connectivity index is 0.00000162. The van der Waals surface area contributed by atoms with E-state index in [0.717, 1.165) is 32.5 Å².